The van der Waals surface area contributed by atoms with Gasteiger partial charge in [0.1, 0.15) is 12.4 Å². The van der Waals surface area contributed by atoms with Crippen molar-refractivity contribution in [2.75, 3.05) is 20.3 Å². The highest BCUT2D eigenvalue weighted by atomic mass is 35.5. The number of methoxy groups -OCH3 is 1. The number of halogens is 2. The van der Waals surface area contributed by atoms with Gasteiger partial charge in [-0.15, -0.1) is 0 Å². The van der Waals surface area contributed by atoms with E-state index in [2.05, 4.69) is 15.3 Å². The van der Waals surface area contributed by atoms with E-state index in [9.17, 15) is 4.79 Å². The molecule has 31 heavy (non-hydrogen) atoms. The summed E-state index contributed by atoms with van der Waals surface area (Å²) in [5, 5.41) is 4.92. The molecule has 158 valence electrons. The Labute approximate surface area is 193 Å². The number of amidine groups is 1. The molecule has 9 heteroatoms. The molecular formula is C22H17Cl2N3O3S. The molecule has 1 N–H and O–H groups in total. The zero-order chi connectivity index (χ0) is 21.8. The third-order valence-electron chi connectivity index (χ3n) is 4.34. The van der Waals surface area contributed by atoms with Gasteiger partial charge in [-0.2, -0.15) is 0 Å². The van der Waals surface area contributed by atoms with Crippen molar-refractivity contribution in [1.29, 1.82) is 0 Å². The van der Waals surface area contributed by atoms with E-state index >= 15 is 0 Å². The van der Waals surface area contributed by atoms with Crippen molar-refractivity contribution in [2.45, 2.75) is 0 Å². The molecule has 2 aromatic carbocycles. The van der Waals surface area contributed by atoms with Gasteiger partial charge in [-0.05, 0) is 47.7 Å². The highest BCUT2D eigenvalue weighted by molar-refractivity contribution is 8.18. The average Bonchev–Trinajstić information content (AvgIpc) is 3.10. The average molecular weight is 474 g/mol. The van der Waals surface area contributed by atoms with Crippen LogP contribution in [0.15, 0.2) is 58.6 Å². The number of carbonyl (C=O) groups is 1. The minimum absolute atomic E-state index is 0.225. The SMILES string of the molecule is COCCOc1cc(N=C2NC(=O)/C(=C\c3ccc4ncccc4c3)S2)c(Cl)cc1Cl. The smallest absolute Gasteiger partial charge is 0.264 e. The number of ether oxygens (including phenoxy) is 2. The Morgan fingerprint density at radius 1 is 1.16 bits per heavy atom. The van der Waals surface area contributed by atoms with E-state index in [1.54, 1.807) is 25.4 Å². The molecular weight excluding hydrogens is 457 g/mol. The molecule has 1 saturated heterocycles. The number of carbonyl (C=O) groups excluding carboxylic acids is 1. The predicted molar refractivity (Wildman–Crippen MR) is 126 cm³/mol. The van der Waals surface area contributed by atoms with Crippen molar-refractivity contribution >= 4 is 68.7 Å². The molecule has 0 radical (unpaired) electrons. The first-order valence-electron chi connectivity index (χ1n) is 9.28. The molecule has 4 rings (SSSR count). The first-order chi connectivity index (χ1) is 15.0. The first kappa shape index (κ1) is 21.6. The topological polar surface area (TPSA) is 72.8 Å². The lowest BCUT2D eigenvalue weighted by molar-refractivity contribution is -0.115. The van der Waals surface area contributed by atoms with Crippen molar-refractivity contribution in [3.8, 4) is 5.75 Å². The number of hydrogen-bond acceptors (Lipinski definition) is 6. The van der Waals surface area contributed by atoms with Crippen LogP contribution < -0.4 is 10.1 Å². The van der Waals surface area contributed by atoms with E-state index in [4.69, 9.17) is 32.7 Å². The molecule has 6 nitrogen and oxygen atoms in total. The van der Waals surface area contributed by atoms with Crippen LogP contribution in [-0.2, 0) is 9.53 Å². The largest absolute Gasteiger partial charge is 0.490 e. The third-order valence-corrected chi connectivity index (χ3v) is 5.85. The van der Waals surface area contributed by atoms with Crippen LogP contribution in [0.3, 0.4) is 0 Å². The van der Waals surface area contributed by atoms with Gasteiger partial charge in [0.05, 0.1) is 32.8 Å². The maximum atomic E-state index is 12.4. The number of amides is 1. The summed E-state index contributed by atoms with van der Waals surface area (Å²) >= 11 is 13.7. The maximum absolute atomic E-state index is 12.4. The monoisotopic (exact) mass is 473 g/mol. The van der Waals surface area contributed by atoms with Crippen LogP contribution in [0.1, 0.15) is 5.56 Å². The summed E-state index contributed by atoms with van der Waals surface area (Å²) in [5.41, 5.74) is 2.24. The number of aliphatic imine (C=N–C) groups is 1. The summed E-state index contributed by atoms with van der Waals surface area (Å²) in [4.78, 5) is 21.8. The second-order valence-electron chi connectivity index (χ2n) is 6.51. The third kappa shape index (κ3) is 5.19. The van der Waals surface area contributed by atoms with E-state index in [0.717, 1.165) is 16.5 Å². The van der Waals surface area contributed by atoms with Crippen LogP contribution in [0.4, 0.5) is 5.69 Å². The first-order valence-corrected chi connectivity index (χ1v) is 10.9. The molecule has 2 heterocycles. The highest BCUT2D eigenvalue weighted by Crippen LogP contribution is 2.37. The van der Waals surface area contributed by atoms with Crippen LogP contribution in [0.2, 0.25) is 10.0 Å². The normalized spacial score (nSPS) is 16.3. The molecule has 0 atom stereocenters. The number of pyridine rings is 1. The molecule has 0 bridgehead atoms. The molecule has 1 amide bonds. The van der Waals surface area contributed by atoms with Crippen LogP contribution in [-0.4, -0.2) is 36.4 Å². The summed E-state index contributed by atoms with van der Waals surface area (Å²) in [6.45, 7) is 0.765. The van der Waals surface area contributed by atoms with Gasteiger partial charge in [-0.3, -0.25) is 9.78 Å². The summed E-state index contributed by atoms with van der Waals surface area (Å²) in [7, 11) is 1.59. The molecule has 1 fully saturated rings. The number of aromatic nitrogens is 1. The quantitative estimate of drug-likeness (QED) is 0.380. The fraction of sp³-hybridized carbons (Fsp3) is 0.136. The van der Waals surface area contributed by atoms with Gasteiger partial charge in [0.2, 0.25) is 0 Å². The summed E-state index contributed by atoms with van der Waals surface area (Å²) in [6, 6.07) is 12.9. The predicted octanol–water partition coefficient (Wildman–Crippen LogP) is 5.46. The van der Waals surface area contributed by atoms with Gasteiger partial charge in [0.15, 0.2) is 5.17 Å². The lowest BCUT2D eigenvalue weighted by Gasteiger charge is -2.09. The van der Waals surface area contributed by atoms with Crippen molar-refractivity contribution in [1.82, 2.24) is 10.3 Å². The fourth-order valence-electron chi connectivity index (χ4n) is 2.87. The second kappa shape index (κ2) is 9.70. The Bertz CT molecular complexity index is 1210. The highest BCUT2D eigenvalue weighted by Gasteiger charge is 2.24. The molecule has 3 aromatic rings. The van der Waals surface area contributed by atoms with E-state index < -0.39 is 0 Å². The lowest BCUT2D eigenvalue weighted by Crippen LogP contribution is -2.19. The molecule has 1 aromatic heterocycles. The number of hydrogen-bond donors (Lipinski definition) is 1. The lowest BCUT2D eigenvalue weighted by atomic mass is 10.1. The van der Waals surface area contributed by atoms with E-state index in [1.165, 1.54) is 11.8 Å². The summed E-state index contributed by atoms with van der Waals surface area (Å²) in [6.07, 6.45) is 3.57. The summed E-state index contributed by atoms with van der Waals surface area (Å²) < 4.78 is 10.6. The van der Waals surface area contributed by atoms with Gasteiger partial charge in [0, 0.05) is 24.8 Å². The number of nitrogens with one attached hydrogen (secondary N) is 1. The van der Waals surface area contributed by atoms with Crippen molar-refractivity contribution in [3.05, 3.63) is 69.2 Å². The van der Waals surface area contributed by atoms with E-state index in [-0.39, 0.29) is 5.91 Å². The van der Waals surface area contributed by atoms with Crippen LogP contribution in [0, 0.1) is 0 Å². The fourth-order valence-corrected chi connectivity index (χ4v) is 4.19. The van der Waals surface area contributed by atoms with Crippen LogP contribution >= 0.6 is 35.0 Å². The molecule has 0 aliphatic carbocycles. The van der Waals surface area contributed by atoms with Crippen LogP contribution in [0.25, 0.3) is 17.0 Å². The van der Waals surface area contributed by atoms with Gasteiger partial charge in [0.25, 0.3) is 5.91 Å². The Morgan fingerprint density at radius 3 is 2.87 bits per heavy atom. The summed E-state index contributed by atoms with van der Waals surface area (Å²) in [5.74, 6) is 0.217. The Hall–Kier alpha value is -2.58. The van der Waals surface area contributed by atoms with Gasteiger partial charge in [-0.1, -0.05) is 35.3 Å². The van der Waals surface area contributed by atoms with Crippen molar-refractivity contribution in [3.63, 3.8) is 0 Å². The number of benzene rings is 2. The van der Waals surface area contributed by atoms with Crippen LogP contribution in [0.5, 0.6) is 5.75 Å². The molecule has 1 aliphatic heterocycles. The van der Waals surface area contributed by atoms with E-state index in [1.807, 2.05) is 36.4 Å². The van der Waals surface area contributed by atoms with Gasteiger partial charge >= 0.3 is 0 Å². The molecule has 1 aliphatic rings. The Kier molecular flexibility index (Phi) is 6.77. The Morgan fingerprint density at radius 2 is 2.03 bits per heavy atom. The Balaban J connectivity index is 1.57. The van der Waals surface area contributed by atoms with Gasteiger partial charge in [-0.25, -0.2) is 4.99 Å². The number of fused-ring (bicyclic) bond motifs is 1. The number of thioether (sulfide) groups is 1. The standard InChI is InChI=1S/C22H17Cl2N3O3S/c1-29-7-8-30-19-12-18(15(23)11-16(19)24)26-22-27-21(28)20(31-22)10-13-4-5-17-14(9-13)3-2-6-25-17/h2-6,9-12H,7-8H2,1H3,(H,26,27,28)/b20-10+. The van der Waals surface area contributed by atoms with Gasteiger partial charge < -0.3 is 14.8 Å². The van der Waals surface area contributed by atoms with Crippen molar-refractivity contribution < 1.29 is 14.3 Å². The minimum atomic E-state index is -0.225. The van der Waals surface area contributed by atoms with Crippen molar-refractivity contribution in [2.24, 2.45) is 4.99 Å². The second-order valence-corrected chi connectivity index (χ2v) is 8.36. The number of nitrogens with zero attached hydrogens (tertiary/aromatic N) is 2. The zero-order valence-corrected chi connectivity index (χ0v) is 18.7. The maximum Gasteiger partial charge on any atom is 0.264 e. The molecule has 0 spiro atoms. The molecule has 0 unspecified atom stereocenters. The molecule has 0 saturated carbocycles. The zero-order valence-electron chi connectivity index (χ0n) is 16.4. The number of rotatable bonds is 6. The minimum Gasteiger partial charge on any atom is -0.490 e. The van der Waals surface area contributed by atoms with E-state index in [0.29, 0.717) is 44.8 Å².